The molecule has 4 unspecified atom stereocenters. The number of carboxylic acids is 1. The molecule has 0 bridgehead atoms. The Hall–Kier alpha value is -2.98. The van der Waals surface area contributed by atoms with Gasteiger partial charge in [-0.2, -0.15) is 0 Å². The Morgan fingerprint density at radius 3 is 2.43 bits per heavy atom. The molecule has 1 aliphatic rings. The molecule has 0 radical (unpaired) electrons. The fraction of sp³-hybridized carbons (Fsp3) is 0.500. The van der Waals surface area contributed by atoms with Crippen LogP contribution in [0.4, 0.5) is 0 Å². The van der Waals surface area contributed by atoms with Crippen molar-refractivity contribution in [3.63, 3.8) is 0 Å². The molecule has 1 aromatic carbocycles. The highest BCUT2D eigenvalue weighted by molar-refractivity contribution is 5.94. The number of likely N-dealkylation sites (tertiary alicyclic amines) is 1. The molecule has 10 heteroatoms. The highest BCUT2D eigenvalue weighted by Crippen LogP contribution is 2.18. The number of carbonyl (C=O) groups is 4. The van der Waals surface area contributed by atoms with Gasteiger partial charge in [0.25, 0.3) is 0 Å². The molecular weight excluding hydrogens is 392 g/mol. The SMILES string of the molecule is CC(NC(=O)C(CO)NC(=O)C(N)Cc1ccccc1)C(=O)N1CCCC1C(=O)O. The molecule has 0 spiro atoms. The Morgan fingerprint density at radius 1 is 1.17 bits per heavy atom. The van der Waals surface area contributed by atoms with Crippen molar-refractivity contribution in [2.45, 2.75) is 50.4 Å². The molecule has 2 rings (SSSR count). The number of rotatable bonds is 9. The Bertz CT molecular complexity index is 772. The number of amides is 3. The monoisotopic (exact) mass is 420 g/mol. The first kappa shape index (κ1) is 23.3. The van der Waals surface area contributed by atoms with Crippen molar-refractivity contribution < 1.29 is 29.4 Å². The van der Waals surface area contributed by atoms with Crippen LogP contribution in [-0.2, 0) is 25.6 Å². The van der Waals surface area contributed by atoms with Crippen molar-refractivity contribution in [3.8, 4) is 0 Å². The second-order valence-electron chi connectivity index (χ2n) is 7.30. The van der Waals surface area contributed by atoms with Crippen molar-refractivity contribution in [1.82, 2.24) is 15.5 Å². The third kappa shape index (κ3) is 6.01. The van der Waals surface area contributed by atoms with Crippen LogP contribution < -0.4 is 16.4 Å². The average molecular weight is 420 g/mol. The van der Waals surface area contributed by atoms with Crippen molar-refractivity contribution in [2.75, 3.05) is 13.2 Å². The van der Waals surface area contributed by atoms with Crippen molar-refractivity contribution >= 4 is 23.7 Å². The van der Waals surface area contributed by atoms with Gasteiger partial charge in [0.05, 0.1) is 12.6 Å². The van der Waals surface area contributed by atoms with Crippen LogP contribution in [0.2, 0.25) is 0 Å². The molecule has 4 atom stereocenters. The number of aliphatic hydroxyl groups excluding tert-OH is 1. The van der Waals surface area contributed by atoms with Crippen molar-refractivity contribution in [2.24, 2.45) is 5.73 Å². The molecule has 0 aromatic heterocycles. The van der Waals surface area contributed by atoms with E-state index in [0.29, 0.717) is 19.4 Å². The maximum absolute atomic E-state index is 12.5. The Kier molecular flexibility index (Phi) is 8.31. The molecule has 0 saturated carbocycles. The smallest absolute Gasteiger partial charge is 0.326 e. The van der Waals surface area contributed by atoms with Crippen LogP contribution in [0.25, 0.3) is 0 Å². The molecular formula is C20H28N4O6. The third-order valence-corrected chi connectivity index (χ3v) is 5.00. The van der Waals surface area contributed by atoms with Crippen LogP contribution in [0.15, 0.2) is 30.3 Å². The van der Waals surface area contributed by atoms with Gasteiger partial charge < -0.3 is 31.5 Å². The fourth-order valence-corrected chi connectivity index (χ4v) is 3.35. The topological polar surface area (TPSA) is 162 Å². The van der Waals surface area contributed by atoms with Gasteiger partial charge >= 0.3 is 5.97 Å². The van der Waals surface area contributed by atoms with E-state index in [0.717, 1.165) is 5.56 Å². The molecule has 30 heavy (non-hydrogen) atoms. The number of hydrogen-bond acceptors (Lipinski definition) is 6. The Labute approximate surface area is 174 Å². The number of nitrogens with one attached hydrogen (secondary N) is 2. The molecule has 10 nitrogen and oxygen atoms in total. The lowest BCUT2D eigenvalue weighted by Gasteiger charge is -2.26. The summed E-state index contributed by atoms with van der Waals surface area (Å²) in [6.45, 7) is 1.04. The molecule has 0 aliphatic carbocycles. The van der Waals surface area contributed by atoms with Gasteiger partial charge in [0, 0.05) is 6.54 Å². The molecule has 1 aliphatic heterocycles. The van der Waals surface area contributed by atoms with Gasteiger partial charge in [-0.15, -0.1) is 0 Å². The molecule has 1 heterocycles. The predicted molar refractivity (Wildman–Crippen MR) is 107 cm³/mol. The largest absolute Gasteiger partial charge is 0.480 e. The molecule has 3 amide bonds. The average Bonchev–Trinajstić information content (AvgIpc) is 3.21. The number of carbonyl (C=O) groups excluding carboxylic acids is 3. The van der Waals surface area contributed by atoms with E-state index >= 15 is 0 Å². The quantitative estimate of drug-likeness (QED) is 0.329. The van der Waals surface area contributed by atoms with Crippen LogP contribution in [0.5, 0.6) is 0 Å². The van der Waals surface area contributed by atoms with E-state index < -0.39 is 54.5 Å². The lowest BCUT2D eigenvalue weighted by molar-refractivity contribution is -0.149. The second kappa shape index (κ2) is 10.7. The van der Waals surface area contributed by atoms with Gasteiger partial charge in [-0.3, -0.25) is 14.4 Å². The van der Waals surface area contributed by atoms with Gasteiger partial charge in [0.1, 0.15) is 18.1 Å². The first-order valence-electron chi connectivity index (χ1n) is 9.79. The fourth-order valence-electron chi connectivity index (χ4n) is 3.35. The van der Waals surface area contributed by atoms with Gasteiger partial charge in [0.15, 0.2) is 0 Å². The van der Waals surface area contributed by atoms with Crippen LogP contribution in [0, 0.1) is 0 Å². The normalized spacial score (nSPS) is 18.9. The van der Waals surface area contributed by atoms with E-state index in [4.69, 9.17) is 5.73 Å². The van der Waals surface area contributed by atoms with E-state index in [1.807, 2.05) is 30.3 Å². The highest BCUT2D eigenvalue weighted by atomic mass is 16.4. The summed E-state index contributed by atoms with van der Waals surface area (Å²) in [7, 11) is 0. The zero-order chi connectivity index (χ0) is 22.3. The van der Waals surface area contributed by atoms with Gasteiger partial charge in [-0.25, -0.2) is 4.79 Å². The molecule has 1 saturated heterocycles. The number of hydrogen-bond donors (Lipinski definition) is 5. The third-order valence-electron chi connectivity index (χ3n) is 5.00. The van der Waals surface area contributed by atoms with E-state index in [1.54, 1.807) is 0 Å². The Balaban J connectivity index is 1.91. The number of nitrogens with two attached hydrogens (primary N) is 1. The second-order valence-corrected chi connectivity index (χ2v) is 7.30. The maximum atomic E-state index is 12.5. The number of benzene rings is 1. The standard InChI is InChI=1S/C20H28N4O6/c1-12(19(28)24-9-5-8-16(24)20(29)30)22-18(27)15(11-25)23-17(26)14(21)10-13-6-3-2-4-7-13/h2-4,6-7,12,14-16,25H,5,8-11,21H2,1H3,(H,22,27)(H,23,26)(H,29,30). The first-order chi connectivity index (χ1) is 14.2. The number of nitrogens with zero attached hydrogens (tertiary/aromatic N) is 1. The summed E-state index contributed by atoms with van der Waals surface area (Å²) in [6, 6.07) is 4.97. The van der Waals surface area contributed by atoms with Crippen LogP contribution in [0.1, 0.15) is 25.3 Å². The van der Waals surface area contributed by atoms with E-state index in [1.165, 1.54) is 11.8 Å². The summed E-state index contributed by atoms with van der Waals surface area (Å²) in [5.74, 6) is -2.99. The van der Waals surface area contributed by atoms with E-state index in [-0.39, 0.29) is 6.42 Å². The minimum atomic E-state index is -1.29. The number of aliphatic hydroxyl groups is 1. The summed E-state index contributed by atoms with van der Waals surface area (Å²) in [5.41, 5.74) is 6.74. The van der Waals surface area contributed by atoms with Crippen molar-refractivity contribution in [1.29, 1.82) is 0 Å². The molecule has 1 fully saturated rings. The van der Waals surface area contributed by atoms with Crippen LogP contribution in [0.3, 0.4) is 0 Å². The summed E-state index contributed by atoms with van der Waals surface area (Å²) in [4.78, 5) is 49.7. The lowest BCUT2D eigenvalue weighted by Crippen LogP contribution is -2.57. The lowest BCUT2D eigenvalue weighted by atomic mass is 10.1. The van der Waals surface area contributed by atoms with Crippen molar-refractivity contribution in [3.05, 3.63) is 35.9 Å². The zero-order valence-corrected chi connectivity index (χ0v) is 16.8. The van der Waals surface area contributed by atoms with Gasteiger partial charge in [-0.1, -0.05) is 30.3 Å². The maximum Gasteiger partial charge on any atom is 0.326 e. The number of aliphatic carboxylic acids is 1. The van der Waals surface area contributed by atoms with Crippen LogP contribution in [-0.4, -0.2) is 76.1 Å². The van der Waals surface area contributed by atoms with E-state index in [2.05, 4.69) is 10.6 Å². The molecule has 164 valence electrons. The van der Waals surface area contributed by atoms with Gasteiger partial charge in [-0.05, 0) is 31.7 Å². The first-order valence-corrected chi connectivity index (χ1v) is 9.79. The molecule has 1 aromatic rings. The summed E-state index contributed by atoms with van der Waals surface area (Å²) >= 11 is 0. The van der Waals surface area contributed by atoms with Gasteiger partial charge in [0.2, 0.25) is 17.7 Å². The minimum absolute atomic E-state index is 0.257. The van der Waals surface area contributed by atoms with E-state index in [9.17, 15) is 29.4 Å². The Morgan fingerprint density at radius 2 is 1.83 bits per heavy atom. The summed E-state index contributed by atoms with van der Waals surface area (Å²) in [6.07, 6.45) is 1.18. The highest BCUT2D eigenvalue weighted by Gasteiger charge is 2.36. The zero-order valence-electron chi connectivity index (χ0n) is 16.8. The summed E-state index contributed by atoms with van der Waals surface area (Å²) < 4.78 is 0. The van der Waals surface area contributed by atoms with Crippen LogP contribution >= 0.6 is 0 Å². The predicted octanol–water partition coefficient (Wildman–Crippen LogP) is -1.39. The number of carboxylic acid groups (broad SMARTS) is 1. The molecule has 6 N–H and O–H groups in total. The summed E-state index contributed by atoms with van der Waals surface area (Å²) in [5, 5.41) is 23.5. The minimum Gasteiger partial charge on any atom is -0.480 e.